The van der Waals surface area contributed by atoms with Crippen molar-refractivity contribution in [2.75, 3.05) is 7.11 Å². The zero-order valence-corrected chi connectivity index (χ0v) is 11.5. The second-order valence-corrected chi connectivity index (χ2v) is 4.24. The number of aliphatic carboxylic acids is 1. The Hall–Kier alpha value is -2.77. The van der Waals surface area contributed by atoms with Crippen molar-refractivity contribution in [2.24, 2.45) is 5.73 Å². The smallest absolute Gasteiger partial charge is 0.326 e. The topological polar surface area (TPSA) is 131 Å². The van der Waals surface area contributed by atoms with Crippen LogP contribution in [0.1, 0.15) is 12.0 Å². The van der Waals surface area contributed by atoms with Crippen molar-refractivity contribution in [3.8, 4) is 5.75 Å². The van der Waals surface area contributed by atoms with Crippen molar-refractivity contribution in [3.63, 3.8) is 0 Å². The van der Waals surface area contributed by atoms with Gasteiger partial charge >= 0.3 is 12.0 Å². The summed E-state index contributed by atoms with van der Waals surface area (Å²) in [6.45, 7) is 0.207. The molecule has 1 aromatic carbocycles. The Kier molecular flexibility index (Phi) is 5.99. The number of amides is 3. The van der Waals surface area contributed by atoms with Crippen LogP contribution in [0, 0.1) is 0 Å². The lowest BCUT2D eigenvalue weighted by atomic mass is 10.2. The summed E-state index contributed by atoms with van der Waals surface area (Å²) in [5.74, 6) is -1.44. The molecule has 21 heavy (non-hydrogen) atoms. The van der Waals surface area contributed by atoms with E-state index in [4.69, 9.17) is 15.6 Å². The number of rotatable bonds is 7. The number of hydrogen-bond acceptors (Lipinski definition) is 4. The highest BCUT2D eigenvalue weighted by Gasteiger charge is 2.21. The molecular formula is C13H17N3O5. The van der Waals surface area contributed by atoms with Gasteiger partial charge in [0.05, 0.1) is 13.5 Å². The quantitative estimate of drug-likeness (QED) is 0.554. The molecular weight excluding hydrogens is 278 g/mol. The molecule has 0 spiro atoms. The number of carboxylic acid groups (broad SMARTS) is 1. The average Bonchev–Trinajstić information content (AvgIpc) is 2.44. The van der Waals surface area contributed by atoms with Gasteiger partial charge in [0.25, 0.3) is 0 Å². The Morgan fingerprint density at radius 2 is 1.90 bits per heavy atom. The number of carbonyl (C=O) groups is 3. The van der Waals surface area contributed by atoms with Gasteiger partial charge in [0.15, 0.2) is 0 Å². The first kappa shape index (κ1) is 16.3. The first-order chi connectivity index (χ1) is 9.92. The molecule has 0 saturated heterocycles. The minimum Gasteiger partial charge on any atom is -0.497 e. The van der Waals surface area contributed by atoms with Gasteiger partial charge in [-0.3, -0.25) is 4.79 Å². The fraction of sp³-hybridized carbons (Fsp3) is 0.308. The predicted octanol–water partition coefficient (Wildman–Crippen LogP) is -0.177. The molecule has 0 aliphatic heterocycles. The highest BCUT2D eigenvalue weighted by molar-refractivity contribution is 5.87. The molecule has 0 heterocycles. The van der Waals surface area contributed by atoms with E-state index in [1.807, 2.05) is 0 Å². The van der Waals surface area contributed by atoms with Crippen LogP contribution in [-0.2, 0) is 16.1 Å². The monoisotopic (exact) mass is 295 g/mol. The second-order valence-electron chi connectivity index (χ2n) is 4.24. The lowest BCUT2D eigenvalue weighted by molar-refractivity contribution is -0.140. The molecule has 8 heteroatoms. The summed E-state index contributed by atoms with van der Waals surface area (Å²) < 4.78 is 5.00. The van der Waals surface area contributed by atoms with E-state index in [1.54, 1.807) is 31.4 Å². The molecule has 8 nitrogen and oxygen atoms in total. The van der Waals surface area contributed by atoms with Crippen LogP contribution in [-0.4, -0.2) is 36.2 Å². The summed E-state index contributed by atoms with van der Waals surface area (Å²) in [5.41, 5.74) is 5.73. The molecule has 0 bridgehead atoms. The van der Waals surface area contributed by atoms with Crippen LogP contribution in [0.2, 0.25) is 0 Å². The Labute approximate surface area is 121 Å². The van der Waals surface area contributed by atoms with Crippen LogP contribution in [0.25, 0.3) is 0 Å². The van der Waals surface area contributed by atoms with Gasteiger partial charge in [-0.15, -0.1) is 0 Å². The number of ether oxygens (including phenoxy) is 1. The maximum atomic E-state index is 11.6. The van der Waals surface area contributed by atoms with Crippen LogP contribution in [0.3, 0.4) is 0 Å². The van der Waals surface area contributed by atoms with Crippen LogP contribution < -0.4 is 21.1 Å². The Morgan fingerprint density at radius 3 is 2.38 bits per heavy atom. The number of primary amides is 1. The molecule has 0 saturated carbocycles. The van der Waals surface area contributed by atoms with E-state index in [0.717, 1.165) is 5.56 Å². The van der Waals surface area contributed by atoms with E-state index in [2.05, 4.69) is 10.6 Å². The van der Waals surface area contributed by atoms with Crippen molar-refractivity contribution in [2.45, 2.75) is 19.0 Å². The van der Waals surface area contributed by atoms with Gasteiger partial charge in [-0.2, -0.15) is 0 Å². The lowest BCUT2D eigenvalue weighted by Gasteiger charge is -2.13. The van der Waals surface area contributed by atoms with Gasteiger partial charge in [-0.1, -0.05) is 12.1 Å². The van der Waals surface area contributed by atoms with E-state index in [1.165, 1.54) is 0 Å². The second kappa shape index (κ2) is 7.73. The third-order valence-corrected chi connectivity index (χ3v) is 2.62. The number of hydrogen-bond donors (Lipinski definition) is 4. The Balaban J connectivity index is 2.48. The third-order valence-electron chi connectivity index (χ3n) is 2.62. The lowest BCUT2D eigenvalue weighted by Crippen LogP contribution is -2.47. The molecule has 114 valence electrons. The maximum absolute atomic E-state index is 11.6. The van der Waals surface area contributed by atoms with E-state index in [0.29, 0.717) is 5.75 Å². The number of methoxy groups -OCH3 is 1. The van der Waals surface area contributed by atoms with Gasteiger partial charge < -0.3 is 26.2 Å². The van der Waals surface area contributed by atoms with Crippen molar-refractivity contribution >= 4 is 17.9 Å². The van der Waals surface area contributed by atoms with Crippen molar-refractivity contribution in [1.82, 2.24) is 10.6 Å². The van der Waals surface area contributed by atoms with Gasteiger partial charge in [0.1, 0.15) is 11.8 Å². The molecule has 5 N–H and O–H groups in total. The largest absolute Gasteiger partial charge is 0.497 e. The molecule has 0 unspecified atom stereocenters. The molecule has 0 fully saturated rings. The van der Waals surface area contributed by atoms with Gasteiger partial charge in [0.2, 0.25) is 5.91 Å². The van der Waals surface area contributed by atoms with Crippen LogP contribution >= 0.6 is 0 Å². The number of nitrogens with one attached hydrogen (secondary N) is 2. The summed E-state index contributed by atoms with van der Waals surface area (Å²) in [7, 11) is 1.55. The average molecular weight is 295 g/mol. The molecule has 3 amide bonds. The van der Waals surface area contributed by atoms with E-state index < -0.39 is 30.4 Å². The highest BCUT2D eigenvalue weighted by Crippen LogP contribution is 2.10. The summed E-state index contributed by atoms with van der Waals surface area (Å²) in [4.78, 5) is 33.1. The first-order valence-electron chi connectivity index (χ1n) is 6.10. The number of benzene rings is 1. The van der Waals surface area contributed by atoms with Gasteiger partial charge in [-0.05, 0) is 17.7 Å². The number of carbonyl (C=O) groups excluding carboxylic acids is 2. The van der Waals surface area contributed by atoms with Crippen LogP contribution in [0.15, 0.2) is 24.3 Å². The summed E-state index contributed by atoms with van der Waals surface area (Å²) >= 11 is 0. The standard InChI is InChI=1S/C13H17N3O5/c1-21-9-4-2-8(3-5-9)7-15-13(20)16-10(12(18)19)6-11(14)17/h2-5,10H,6-7H2,1H3,(H2,14,17)(H,18,19)(H2,15,16,20)/t10-/m1/s1. The number of nitrogens with two attached hydrogens (primary N) is 1. The zero-order valence-electron chi connectivity index (χ0n) is 11.5. The maximum Gasteiger partial charge on any atom is 0.326 e. The molecule has 0 radical (unpaired) electrons. The van der Waals surface area contributed by atoms with Crippen LogP contribution in [0.5, 0.6) is 5.75 Å². The van der Waals surface area contributed by atoms with Gasteiger partial charge in [-0.25, -0.2) is 9.59 Å². The predicted molar refractivity (Wildman–Crippen MR) is 73.6 cm³/mol. The summed E-state index contributed by atoms with van der Waals surface area (Å²) in [6, 6.07) is 4.95. The SMILES string of the molecule is COc1ccc(CNC(=O)N[C@H](CC(N)=O)C(=O)O)cc1. The van der Waals surface area contributed by atoms with E-state index >= 15 is 0 Å². The Morgan fingerprint density at radius 1 is 1.29 bits per heavy atom. The Bertz CT molecular complexity index is 515. The zero-order chi connectivity index (χ0) is 15.8. The minimum atomic E-state index is -1.35. The number of carboxylic acids is 1. The molecule has 0 aliphatic rings. The van der Waals surface area contributed by atoms with Gasteiger partial charge in [0, 0.05) is 6.54 Å². The minimum absolute atomic E-state index is 0.207. The van der Waals surface area contributed by atoms with E-state index in [9.17, 15) is 14.4 Å². The molecule has 1 aromatic rings. The van der Waals surface area contributed by atoms with Crippen LogP contribution in [0.4, 0.5) is 4.79 Å². The molecule has 1 atom stereocenters. The molecule has 0 aliphatic carbocycles. The van der Waals surface area contributed by atoms with E-state index in [-0.39, 0.29) is 6.54 Å². The van der Waals surface area contributed by atoms with Crippen molar-refractivity contribution in [3.05, 3.63) is 29.8 Å². The van der Waals surface area contributed by atoms with Crippen molar-refractivity contribution < 1.29 is 24.2 Å². The molecule has 0 aromatic heterocycles. The number of urea groups is 1. The molecule has 1 rings (SSSR count). The highest BCUT2D eigenvalue weighted by atomic mass is 16.5. The fourth-order valence-electron chi connectivity index (χ4n) is 1.54. The normalized spacial score (nSPS) is 11.3. The third kappa shape index (κ3) is 5.81. The summed E-state index contributed by atoms with van der Waals surface area (Å²) in [5, 5.41) is 13.5. The van der Waals surface area contributed by atoms with Crippen molar-refractivity contribution in [1.29, 1.82) is 0 Å². The fourth-order valence-corrected chi connectivity index (χ4v) is 1.54. The first-order valence-corrected chi connectivity index (χ1v) is 6.10. The summed E-state index contributed by atoms with van der Waals surface area (Å²) in [6.07, 6.45) is -0.467.